The molecule has 0 spiro atoms. The Kier molecular flexibility index (Phi) is 6.76. The number of unbranched alkanes of at least 4 members (excludes halogenated alkanes) is 2. The van der Waals surface area contributed by atoms with E-state index in [1.54, 1.807) is 6.07 Å². The van der Waals surface area contributed by atoms with Crippen molar-refractivity contribution in [2.45, 2.75) is 32.1 Å². The van der Waals surface area contributed by atoms with Crippen LogP contribution >= 0.6 is 34.8 Å². The lowest BCUT2D eigenvalue weighted by Crippen LogP contribution is -1.94. The van der Waals surface area contributed by atoms with Gasteiger partial charge in [-0.15, -0.1) is 0 Å². The average molecular weight is 372 g/mol. The Hall–Kier alpha value is -1.22. The van der Waals surface area contributed by atoms with Gasteiger partial charge in [0.1, 0.15) is 0 Å². The summed E-state index contributed by atoms with van der Waals surface area (Å²) in [7, 11) is 0. The Morgan fingerprint density at radius 2 is 1.48 bits per heavy atom. The van der Waals surface area contributed by atoms with E-state index in [1.807, 2.05) is 30.3 Å². The van der Waals surface area contributed by atoms with Crippen LogP contribution in [0.1, 0.15) is 31.2 Å². The fraction of sp³-hybridized carbons (Fsp3) is 0.278. The molecule has 0 saturated carbocycles. The van der Waals surface area contributed by atoms with Crippen molar-refractivity contribution in [3.63, 3.8) is 0 Å². The van der Waals surface area contributed by atoms with Crippen LogP contribution in [0.2, 0.25) is 15.1 Å². The van der Waals surface area contributed by atoms with Crippen LogP contribution in [0.25, 0.3) is 11.1 Å². The van der Waals surface area contributed by atoms with Gasteiger partial charge < -0.3 is 5.11 Å². The molecule has 2 nitrogen and oxygen atoms in total. The molecule has 1 N–H and O–H groups in total. The van der Waals surface area contributed by atoms with Crippen LogP contribution in [0, 0.1) is 0 Å². The van der Waals surface area contributed by atoms with Gasteiger partial charge >= 0.3 is 5.97 Å². The number of aryl methyl sites for hydroxylation is 1. The fourth-order valence-electron chi connectivity index (χ4n) is 2.37. The highest BCUT2D eigenvalue weighted by Crippen LogP contribution is 2.31. The molecule has 0 aliphatic rings. The maximum absolute atomic E-state index is 10.5. The first-order valence-electron chi connectivity index (χ1n) is 7.43. The molecule has 0 heterocycles. The van der Waals surface area contributed by atoms with E-state index in [9.17, 15) is 4.79 Å². The Morgan fingerprint density at radius 3 is 2.09 bits per heavy atom. The van der Waals surface area contributed by atoms with Crippen molar-refractivity contribution >= 4 is 40.8 Å². The maximum atomic E-state index is 10.5. The quantitative estimate of drug-likeness (QED) is 0.564. The second-order valence-electron chi connectivity index (χ2n) is 5.39. The van der Waals surface area contributed by atoms with E-state index < -0.39 is 5.97 Å². The standard InChI is InChI=1S/C18H17Cl3O2/c19-15-9-8-14(11-17(15)21)13-7-6-12(16(20)10-13)4-2-1-3-5-18(22)23/h6-11H,1-5H2,(H,22,23). The third kappa shape index (κ3) is 5.42. The summed E-state index contributed by atoms with van der Waals surface area (Å²) in [6, 6.07) is 11.4. The van der Waals surface area contributed by atoms with Crippen LogP contribution in [-0.4, -0.2) is 11.1 Å². The number of hydrogen-bond donors (Lipinski definition) is 1. The molecule has 0 fully saturated rings. The number of aliphatic carboxylic acids is 1. The molecule has 2 aromatic rings. The summed E-state index contributed by atoms with van der Waals surface area (Å²) in [6.45, 7) is 0. The Bertz CT molecular complexity index is 699. The second-order valence-corrected chi connectivity index (χ2v) is 6.61. The lowest BCUT2D eigenvalue weighted by atomic mass is 10.0. The van der Waals surface area contributed by atoms with Gasteiger partial charge in [0, 0.05) is 11.4 Å². The highest BCUT2D eigenvalue weighted by Gasteiger charge is 2.06. The molecule has 0 aliphatic heterocycles. The number of rotatable bonds is 7. The molecule has 0 aliphatic carbocycles. The van der Waals surface area contributed by atoms with E-state index in [4.69, 9.17) is 39.9 Å². The molecule has 0 unspecified atom stereocenters. The van der Waals surface area contributed by atoms with E-state index in [0.717, 1.165) is 36.0 Å². The predicted molar refractivity (Wildman–Crippen MR) is 96.7 cm³/mol. The van der Waals surface area contributed by atoms with Crippen molar-refractivity contribution in [3.05, 3.63) is 57.0 Å². The van der Waals surface area contributed by atoms with Gasteiger partial charge in [0.15, 0.2) is 0 Å². The van der Waals surface area contributed by atoms with Crippen LogP contribution in [-0.2, 0) is 11.2 Å². The Balaban J connectivity index is 2.00. The molecule has 0 amide bonds. The van der Waals surface area contributed by atoms with Crippen molar-refractivity contribution in [2.75, 3.05) is 0 Å². The SMILES string of the molecule is O=C(O)CCCCCc1ccc(-c2ccc(Cl)c(Cl)c2)cc1Cl. The molecule has 122 valence electrons. The van der Waals surface area contributed by atoms with Gasteiger partial charge in [-0.25, -0.2) is 0 Å². The molecule has 5 heteroatoms. The first kappa shape index (κ1) is 18.1. The first-order chi connectivity index (χ1) is 11.0. The van der Waals surface area contributed by atoms with Gasteiger partial charge in [0.2, 0.25) is 0 Å². The number of carboxylic acids is 1. The summed E-state index contributed by atoms with van der Waals surface area (Å²) in [5.41, 5.74) is 3.03. The summed E-state index contributed by atoms with van der Waals surface area (Å²) < 4.78 is 0. The molecular formula is C18H17Cl3O2. The van der Waals surface area contributed by atoms with Crippen LogP contribution in [0.4, 0.5) is 0 Å². The summed E-state index contributed by atoms with van der Waals surface area (Å²) in [5, 5.41) is 10.4. The monoisotopic (exact) mass is 370 g/mol. The minimum Gasteiger partial charge on any atom is -0.481 e. The third-order valence-corrected chi connectivity index (χ3v) is 4.73. The molecule has 23 heavy (non-hydrogen) atoms. The van der Waals surface area contributed by atoms with Gasteiger partial charge in [-0.3, -0.25) is 4.79 Å². The molecule has 2 rings (SSSR count). The first-order valence-corrected chi connectivity index (χ1v) is 8.56. The van der Waals surface area contributed by atoms with E-state index in [0.29, 0.717) is 21.5 Å². The van der Waals surface area contributed by atoms with Crippen LogP contribution in [0.5, 0.6) is 0 Å². The number of benzene rings is 2. The van der Waals surface area contributed by atoms with Gasteiger partial charge in [-0.1, -0.05) is 59.4 Å². The zero-order valence-corrected chi connectivity index (χ0v) is 14.8. The lowest BCUT2D eigenvalue weighted by Gasteiger charge is -2.08. The Labute approximate surface area is 151 Å². The fourth-order valence-corrected chi connectivity index (χ4v) is 2.95. The number of carbonyl (C=O) groups is 1. The minimum absolute atomic E-state index is 0.226. The molecule has 0 atom stereocenters. The number of halogens is 3. The summed E-state index contributed by atoms with van der Waals surface area (Å²) in [6.07, 6.45) is 3.59. The predicted octanol–water partition coefficient (Wildman–Crippen LogP) is 6.50. The molecule has 0 saturated heterocycles. The second kappa shape index (κ2) is 8.58. The van der Waals surface area contributed by atoms with Gasteiger partial charge in [-0.05, 0) is 54.2 Å². The summed E-state index contributed by atoms with van der Waals surface area (Å²) in [4.78, 5) is 10.5. The number of carboxylic acid groups (broad SMARTS) is 1. The van der Waals surface area contributed by atoms with Crippen molar-refractivity contribution in [3.8, 4) is 11.1 Å². The van der Waals surface area contributed by atoms with Crippen molar-refractivity contribution < 1.29 is 9.90 Å². The highest BCUT2D eigenvalue weighted by molar-refractivity contribution is 6.42. The van der Waals surface area contributed by atoms with Crippen LogP contribution < -0.4 is 0 Å². The van der Waals surface area contributed by atoms with E-state index in [-0.39, 0.29) is 6.42 Å². The zero-order chi connectivity index (χ0) is 16.8. The van der Waals surface area contributed by atoms with E-state index >= 15 is 0 Å². The van der Waals surface area contributed by atoms with E-state index in [2.05, 4.69) is 0 Å². The lowest BCUT2D eigenvalue weighted by molar-refractivity contribution is -0.137. The smallest absolute Gasteiger partial charge is 0.303 e. The maximum Gasteiger partial charge on any atom is 0.303 e. The van der Waals surface area contributed by atoms with Gasteiger partial charge in [-0.2, -0.15) is 0 Å². The Morgan fingerprint density at radius 1 is 0.826 bits per heavy atom. The summed E-state index contributed by atoms with van der Waals surface area (Å²) >= 11 is 18.3. The molecule has 0 radical (unpaired) electrons. The van der Waals surface area contributed by atoms with Crippen LogP contribution in [0.15, 0.2) is 36.4 Å². The van der Waals surface area contributed by atoms with Crippen LogP contribution in [0.3, 0.4) is 0 Å². The van der Waals surface area contributed by atoms with E-state index in [1.165, 1.54) is 0 Å². The normalized spacial score (nSPS) is 10.7. The highest BCUT2D eigenvalue weighted by atomic mass is 35.5. The zero-order valence-electron chi connectivity index (χ0n) is 12.5. The van der Waals surface area contributed by atoms with Gasteiger partial charge in [0.05, 0.1) is 10.0 Å². The molecular weight excluding hydrogens is 355 g/mol. The topological polar surface area (TPSA) is 37.3 Å². The van der Waals surface area contributed by atoms with Crippen molar-refractivity contribution in [1.29, 1.82) is 0 Å². The third-order valence-electron chi connectivity index (χ3n) is 3.64. The molecule has 0 bridgehead atoms. The average Bonchev–Trinajstić information content (AvgIpc) is 2.50. The molecule has 2 aromatic carbocycles. The largest absolute Gasteiger partial charge is 0.481 e. The van der Waals surface area contributed by atoms with Crippen molar-refractivity contribution in [2.24, 2.45) is 0 Å². The van der Waals surface area contributed by atoms with Crippen molar-refractivity contribution in [1.82, 2.24) is 0 Å². The summed E-state index contributed by atoms with van der Waals surface area (Å²) in [5.74, 6) is -0.742. The molecule has 0 aromatic heterocycles. The van der Waals surface area contributed by atoms with Gasteiger partial charge in [0.25, 0.3) is 0 Å². The number of hydrogen-bond acceptors (Lipinski definition) is 1. The minimum atomic E-state index is -0.742.